The number of benzene rings is 2. The van der Waals surface area contributed by atoms with Gasteiger partial charge in [0.05, 0.1) is 12.6 Å². The molecule has 0 bridgehead atoms. The van der Waals surface area contributed by atoms with Gasteiger partial charge in [-0.05, 0) is 43.5 Å². The molecule has 1 amide bonds. The van der Waals surface area contributed by atoms with Crippen molar-refractivity contribution in [3.63, 3.8) is 0 Å². The summed E-state index contributed by atoms with van der Waals surface area (Å²) in [6, 6.07) is 14.8. The first kappa shape index (κ1) is 25.3. The molecule has 0 spiro atoms. The maximum Gasteiger partial charge on any atom is 0.263 e. The Morgan fingerprint density at radius 2 is 1.89 bits per heavy atom. The zero-order valence-electron chi connectivity index (χ0n) is 21.8. The zero-order valence-corrected chi connectivity index (χ0v) is 21.8. The molecule has 4 aromatic rings. The summed E-state index contributed by atoms with van der Waals surface area (Å²) >= 11 is 0. The van der Waals surface area contributed by atoms with Crippen LogP contribution in [-0.4, -0.2) is 43.3 Å². The van der Waals surface area contributed by atoms with Crippen molar-refractivity contribution in [1.82, 2.24) is 25.4 Å². The Balaban J connectivity index is 1.48. The van der Waals surface area contributed by atoms with Crippen LogP contribution in [0.3, 0.4) is 0 Å². The molecule has 196 valence electrons. The average Bonchev–Trinajstić information content (AvgIpc) is 3.38. The number of fused-ring (bicyclic) bond motifs is 1. The first-order valence-electron chi connectivity index (χ1n) is 12.6. The highest BCUT2D eigenvalue weighted by Crippen LogP contribution is 2.31. The number of aliphatic hydroxyl groups is 1. The lowest BCUT2D eigenvalue weighted by Crippen LogP contribution is -2.49. The van der Waals surface area contributed by atoms with E-state index in [1.807, 2.05) is 70.2 Å². The normalized spacial score (nSPS) is 15.1. The van der Waals surface area contributed by atoms with Crippen LogP contribution in [0.2, 0.25) is 0 Å². The minimum atomic E-state index is -0.430. The predicted molar refractivity (Wildman–Crippen MR) is 144 cm³/mol. The van der Waals surface area contributed by atoms with Crippen LogP contribution in [0.5, 0.6) is 0 Å². The molecule has 2 aromatic carbocycles. The van der Waals surface area contributed by atoms with Gasteiger partial charge in [-0.2, -0.15) is 9.97 Å². The molecule has 0 radical (unpaired) electrons. The van der Waals surface area contributed by atoms with E-state index in [0.717, 1.165) is 17.5 Å². The van der Waals surface area contributed by atoms with E-state index < -0.39 is 6.04 Å². The van der Waals surface area contributed by atoms with Crippen LogP contribution in [-0.2, 0) is 6.42 Å². The highest BCUT2D eigenvalue weighted by atomic mass is 16.5. The van der Waals surface area contributed by atoms with Gasteiger partial charge >= 0.3 is 0 Å². The minimum Gasteiger partial charge on any atom is -0.394 e. The van der Waals surface area contributed by atoms with Gasteiger partial charge in [-0.1, -0.05) is 55.4 Å². The summed E-state index contributed by atoms with van der Waals surface area (Å²) in [7, 11) is 0. The number of aliphatic hydroxyl groups excluding tert-OH is 1. The number of hydrogen-bond donors (Lipinski definition) is 4. The van der Waals surface area contributed by atoms with E-state index in [1.54, 1.807) is 12.3 Å². The van der Waals surface area contributed by atoms with E-state index in [0.29, 0.717) is 34.4 Å². The molecule has 4 N–H and O–H groups in total. The monoisotopic (exact) mass is 513 g/mol. The summed E-state index contributed by atoms with van der Waals surface area (Å²) in [5.74, 6) is 1.56. The highest BCUT2D eigenvalue weighted by molar-refractivity contribution is 5.98. The molecular weight excluding hydrogens is 482 g/mol. The second-order valence-corrected chi connectivity index (χ2v) is 10.4. The van der Waals surface area contributed by atoms with Gasteiger partial charge in [-0.25, -0.2) is 4.98 Å². The first-order valence-corrected chi connectivity index (χ1v) is 12.6. The number of anilines is 3. The Bertz CT molecular complexity index is 1450. The maximum absolute atomic E-state index is 12.7. The minimum absolute atomic E-state index is 0.0899. The van der Waals surface area contributed by atoms with E-state index >= 15 is 0 Å². The van der Waals surface area contributed by atoms with Gasteiger partial charge in [0.1, 0.15) is 11.4 Å². The summed E-state index contributed by atoms with van der Waals surface area (Å²) < 4.78 is 5.51. The van der Waals surface area contributed by atoms with Gasteiger partial charge in [0.25, 0.3) is 11.8 Å². The van der Waals surface area contributed by atoms with Gasteiger partial charge in [-0.3, -0.25) is 4.79 Å². The fourth-order valence-corrected chi connectivity index (χ4v) is 4.42. The van der Waals surface area contributed by atoms with Crippen LogP contribution in [0.4, 0.5) is 17.5 Å². The fourth-order valence-electron chi connectivity index (χ4n) is 4.42. The Morgan fingerprint density at radius 3 is 2.61 bits per heavy atom. The molecule has 0 saturated carbocycles. The van der Waals surface area contributed by atoms with Crippen molar-refractivity contribution in [2.24, 2.45) is 0 Å². The Labute approximate surface area is 220 Å². The molecule has 0 aliphatic carbocycles. The van der Waals surface area contributed by atoms with Crippen molar-refractivity contribution in [2.45, 2.75) is 51.6 Å². The van der Waals surface area contributed by atoms with Gasteiger partial charge < -0.3 is 25.6 Å². The van der Waals surface area contributed by atoms with E-state index in [-0.39, 0.29) is 29.9 Å². The van der Waals surface area contributed by atoms with Crippen molar-refractivity contribution >= 4 is 23.4 Å². The molecule has 1 atom stereocenters. The number of amides is 1. The Hall–Kier alpha value is -4.31. The quantitative estimate of drug-likeness (QED) is 0.266. The summed E-state index contributed by atoms with van der Waals surface area (Å²) in [4.78, 5) is 26.3. The van der Waals surface area contributed by atoms with E-state index in [4.69, 9.17) is 9.51 Å². The Kier molecular flexibility index (Phi) is 6.81. The van der Waals surface area contributed by atoms with Crippen molar-refractivity contribution in [2.75, 3.05) is 17.2 Å². The molecule has 10 nitrogen and oxygen atoms in total. The van der Waals surface area contributed by atoms with Crippen LogP contribution < -0.4 is 16.0 Å². The maximum atomic E-state index is 12.7. The SMILES string of the molecule is CC(C)c1noc(-c2cnc(Nc3ccc4c(c3)C(=O)NC(C)(C)C4)nc2N[C@H](CO)c2ccccc2)n1. The smallest absolute Gasteiger partial charge is 0.263 e. The average molecular weight is 514 g/mol. The molecule has 1 aliphatic heterocycles. The highest BCUT2D eigenvalue weighted by Gasteiger charge is 2.30. The van der Waals surface area contributed by atoms with Gasteiger partial charge in [0.15, 0.2) is 5.82 Å². The number of carbonyl (C=O) groups excluding carboxylic acids is 1. The number of rotatable bonds is 8. The van der Waals surface area contributed by atoms with Gasteiger partial charge in [-0.15, -0.1) is 0 Å². The lowest BCUT2D eigenvalue weighted by molar-refractivity contribution is 0.0897. The van der Waals surface area contributed by atoms with E-state index in [1.165, 1.54) is 0 Å². The van der Waals surface area contributed by atoms with E-state index in [9.17, 15) is 9.90 Å². The standard InChI is InChI=1S/C28H31N7O3/c1-16(2)23-32-26(38-35-23)21-14-29-27(33-24(21)31-22(15-36)17-8-6-5-7-9-17)30-19-11-10-18-13-28(3,4)34-25(37)20(18)12-19/h5-12,14,16,22,36H,13,15H2,1-4H3,(H,34,37)(H2,29,30,31,33)/t22-/m1/s1. The molecule has 2 aromatic heterocycles. The third-order valence-electron chi connectivity index (χ3n) is 6.37. The molecule has 0 unspecified atom stereocenters. The second kappa shape index (κ2) is 10.2. The fraction of sp³-hybridized carbons (Fsp3) is 0.321. The van der Waals surface area contributed by atoms with Crippen molar-refractivity contribution < 1.29 is 14.4 Å². The molecule has 1 aliphatic rings. The molecule has 5 rings (SSSR count). The summed E-state index contributed by atoms with van der Waals surface area (Å²) in [5.41, 5.74) is 3.42. The Morgan fingerprint density at radius 1 is 1.11 bits per heavy atom. The molecular formula is C28H31N7O3. The molecule has 0 fully saturated rings. The van der Waals surface area contributed by atoms with Crippen LogP contribution in [0.25, 0.3) is 11.5 Å². The molecule has 38 heavy (non-hydrogen) atoms. The van der Waals surface area contributed by atoms with E-state index in [2.05, 4.69) is 31.1 Å². The van der Waals surface area contributed by atoms with Crippen LogP contribution in [0.15, 0.2) is 59.3 Å². The van der Waals surface area contributed by atoms with Gasteiger partial charge in [0, 0.05) is 28.9 Å². The number of hydrogen-bond acceptors (Lipinski definition) is 9. The lowest BCUT2D eigenvalue weighted by atomic mass is 9.87. The number of aromatic nitrogens is 4. The van der Waals surface area contributed by atoms with Crippen molar-refractivity contribution in [3.8, 4) is 11.5 Å². The second-order valence-electron chi connectivity index (χ2n) is 10.4. The van der Waals surface area contributed by atoms with Crippen molar-refractivity contribution in [3.05, 3.63) is 77.2 Å². The van der Waals surface area contributed by atoms with Crippen molar-refractivity contribution in [1.29, 1.82) is 0 Å². The summed E-state index contributed by atoms with van der Waals surface area (Å²) in [5, 5.41) is 23.8. The van der Waals surface area contributed by atoms with Crippen LogP contribution >= 0.6 is 0 Å². The summed E-state index contributed by atoms with van der Waals surface area (Å²) in [6.45, 7) is 7.81. The van der Waals surface area contributed by atoms with Crippen LogP contribution in [0.1, 0.15) is 67.0 Å². The number of carbonyl (C=O) groups is 1. The zero-order chi connectivity index (χ0) is 26.9. The summed E-state index contributed by atoms with van der Waals surface area (Å²) in [6.07, 6.45) is 2.35. The molecule has 0 saturated heterocycles. The largest absolute Gasteiger partial charge is 0.394 e. The number of nitrogens with zero attached hydrogens (tertiary/aromatic N) is 4. The number of nitrogens with one attached hydrogen (secondary N) is 3. The molecule has 3 heterocycles. The predicted octanol–water partition coefficient (Wildman–Crippen LogP) is 4.60. The third-order valence-corrected chi connectivity index (χ3v) is 6.37. The van der Waals surface area contributed by atoms with Gasteiger partial charge in [0.2, 0.25) is 5.95 Å². The first-order chi connectivity index (χ1) is 18.2. The topological polar surface area (TPSA) is 138 Å². The third kappa shape index (κ3) is 5.35. The van der Waals surface area contributed by atoms with Crippen LogP contribution in [0, 0.1) is 0 Å². The lowest BCUT2D eigenvalue weighted by Gasteiger charge is -2.32. The molecule has 10 heteroatoms.